The second kappa shape index (κ2) is 12.3. The third kappa shape index (κ3) is 8.50. The normalized spacial score (nSPS) is 11.3. The monoisotopic (exact) mass is 336 g/mol. The minimum absolute atomic E-state index is 0.423. The smallest absolute Gasteiger partial charge is 0.248 e. The SMILES string of the molecule is CCNC(=NCc1ccc(C(N)=O)cc1)NCCCOCCOC. The number of hydrogen-bond donors (Lipinski definition) is 3. The van der Waals surface area contributed by atoms with Crippen LogP contribution in [0.4, 0.5) is 0 Å². The van der Waals surface area contributed by atoms with E-state index in [2.05, 4.69) is 15.6 Å². The first-order valence-electron chi connectivity index (χ1n) is 8.15. The van der Waals surface area contributed by atoms with E-state index in [1.54, 1.807) is 19.2 Å². The van der Waals surface area contributed by atoms with Crippen molar-refractivity contribution in [3.05, 3.63) is 35.4 Å². The average molecular weight is 336 g/mol. The number of rotatable bonds is 11. The summed E-state index contributed by atoms with van der Waals surface area (Å²) in [6.07, 6.45) is 0.890. The summed E-state index contributed by atoms with van der Waals surface area (Å²) in [6.45, 7) is 6.03. The summed E-state index contributed by atoms with van der Waals surface area (Å²) in [6, 6.07) is 7.14. The third-order valence-corrected chi connectivity index (χ3v) is 3.19. The number of ether oxygens (including phenoxy) is 2. The number of guanidine groups is 1. The number of carbonyl (C=O) groups is 1. The molecule has 0 aliphatic rings. The fourth-order valence-electron chi connectivity index (χ4n) is 1.91. The van der Waals surface area contributed by atoms with Crippen molar-refractivity contribution in [3.63, 3.8) is 0 Å². The van der Waals surface area contributed by atoms with E-state index >= 15 is 0 Å². The van der Waals surface area contributed by atoms with Crippen LogP contribution in [-0.4, -0.2) is 51.9 Å². The van der Waals surface area contributed by atoms with Gasteiger partial charge in [-0.05, 0) is 31.0 Å². The van der Waals surface area contributed by atoms with Gasteiger partial charge in [-0.2, -0.15) is 0 Å². The van der Waals surface area contributed by atoms with Gasteiger partial charge in [-0.25, -0.2) is 4.99 Å². The number of hydrogen-bond acceptors (Lipinski definition) is 4. The Labute approximate surface area is 143 Å². The van der Waals surface area contributed by atoms with Crippen LogP contribution >= 0.6 is 0 Å². The molecule has 0 saturated heterocycles. The lowest BCUT2D eigenvalue weighted by atomic mass is 10.1. The average Bonchev–Trinajstić information content (AvgIpc) is 2.59. The molecule has 1 amide bonds. The van der Waals surface area contributed by atoms with Gasteiger partial charge in [-0.3, -0.25) is 4.79 Å². The molecule has 0 aliphatic carbocycles. The molecule has 0 aliphatic heterocycles. The Bertz CT molecular complexity index is 503. The molecule has 0 spiro atoms. The molecule has 4 N–H and O–H groups in total. The molecule has 0 radical (unpaired) electrons. The molecule has 134 valence electrons. The maximum atomic E-state index is 11.1. The Hall–Kier alpha value is -2.12. The number of methoxy groups -OCH3 is 1. The second-order valence-corrected chi connectivity index (χ2v) is 5.14. The van der Waals surface area contributed by atoms with Gasteiger partial charge in [0.15, 0.2) is 5.96 Å². The van der Waals surface area contributed by atoms with Gasteiger partial charge in [0.2, 0.25) is 5.91 Å². The molecule has 24 heavy (non-hydrogen) atoms. The highest BCUT2D eigenvalue weighted by Gasteiger charge is 2.01. The number of carbonyl (C=O) groups excluding carboxylic acids is 1. The Morgan fingerprint density at radius 3 is 2.54 bits per heavy atom. The van der Waals surface area contributed by atoms with Crippen LogP contribution in [0.15, 0.2) is 29.3 Å². The van der Waals surface area contributed by atoms with Crippen molar-refractivity contribution in [1.29, 1.82) is 0 Å². The van der Waals surface area contributed by atoms with Crippen LogP contribution in [0.1, 0.15) is 29.3 Å². The number of primary amides is 1. The van der Waals surface area contributed by atoms with Crippen molar-refractivity contribution < 1.29 is 14.3 Å². The lowest BCUT2D eigenvalue weighted by Crippen LogP contribution is -2.38. The Balaban J connectivity index is 2.37. The van der Waals surface area contributed by atoms with E-state index in [9.17, 15) is 4.79 Å². The number of nitrogens with zero attached hydrogens (tertiary/aromatic N) is 1. The maximum Gasteiger partial charge on any atom is 0.248 e. The van der Waals surface area contributed by atoms with Crippen LogP contribution in [-0.2, 0) is 16.0 Å². The van der Waals surface area contributed by atoms with Crippen LogP contribution < -0.4 is 16.4 Å². The van der Waals surface area contributed by atoms with Gasteiger partial charge in [-0.15, -0.1) is 0 Å². The molecular formula is C17H28N4O3. The molecule has 0 saturated carbocycles. The van der Waals surface area contributed by atoms with E-state index in [0.717, 1.165) is 31.0 Å². The minimum Gasteiger partial charge on any atom is -0.382 e. The highest BCUT2D eigenvalue weighted by atomic mass is 16.5. The zero-order valence-corrected chi connectivity index (χ0v) is 14.5. The van der Waals surface area contributed by atoms with E-state index in [1.165, 1.54) is 0 Å². The summed E-state index contributed by atoms with van der Waals surface area (Å²) in [5.74, 6) is 0.334. The van der Waals surface area contributed by atoms with Crippen LogP contribution in [0, 0.1) is 0 Å². The Morgan fingerprint density at radius 1 is 1.17 bits per heavy atom. The fraction of sp³-hybridized carbons (Fsp3) is 0.529. The topological polar surface area (TPSA) is 98.0 Å². The van der Waals surface area contributed by atoms with Gasteiger partial charge in [-0.1, -0.05) is 12.1 Å². The van der Waals surface area contributed by atoms with Gasteiger partial charge < -0.3 is 25.8 Å². The van der Waals surface area contributed by atoms with Crippen LogP contribution in [0.3, 0.4) is 0 Å². The second-order valence-electron chi connectivity index (χ2n) is 5.14. The van der Waals surface area contributed by atoms with Gasteiger partial charge in [0.05, 0.1) is 19.8 Å². The molecule has 1 rings (SSSR count). The van der Waals surface area contributed by atoms with Crippen LogP contribution in [0.2, 0.25) is 0 Å². The van der Waals surface area contributed by atoms with E-state index < -0.39 is 5.91 Å². The van der Waals surface area contributed by atoms with Crippen molar-refractivity contribution in [2.45, 2.75) is 19.9 Å². The largest absolute Gasteiger partial charge is 0.382 e. The van der Waals surface area contributed by atoms with Gasteiger partial charge in [0.1, 0.15) is 0 Å². The fourth-order valence-corrected chi connectivity index (χ4v) is 1.91. The molecule has 0 bridgehead atoms. The summed E-state index contributed by atoms with van der Waals surface area (Å²) < 4.78 is 10.3. The first-order chi connectivity index (χ1) is 11.7. The van der Waals surface area contributed by atoms with Gasteiger partial charge in [0.25, 0.3) is 0 Å². The Kier molecular flexibility index (Phi) is 10.2. The maximum absolute atomic E-state index is 11.1. The summed E-state index contributed by atoms with van der Waals surface area (Å²) in [7, 11) is 1.66. The highest BCUT2D eigenvalue weighted by molar-refractivity contribution is 5.92. The molecule has 1 aromatic carbocycles. The number of nitrogens with two attached hydrogens (primary N) is 1. The molecule has 0 atom stereocenters. The van der Waals surface area contributed by atoms with E-state index in [4.69, 9.17) is 15.2 Å². The van der Waals surface area contributed by atoms with E-state index in [1.807, 2.05) is 19.1 Å². The zero-order valence-electron chi connectivity index (χ0n) is 14.5. The van der Waals surface area contributed by atoms with E-state index in [-0.39, 0.29) is 0 Å². The van der Waals surface area contributed by atoms with Crippen LogP contribution in [0.25, 0.3) is 0 Å². The van der Waals surface area contributed by atoms with Gasteiger partial charge in [0, 0.05) is 32.4 Å². The highest BCUT2D eigenvalue weighted by Crippen LogP contribution is 2.05. The van der Waals surface area contributed by atoms with Crippen molar-refractivity contribution in [1.82, 2.24) is 10.6 Å². The Morgan fingerprint density at radius 2 is 1.92 bits per heavy atom. The van der Waals surface area contributed by atoms with E-state index in [0.29, 0.717) is 31.9 Å². The predicted octanol–water partition coefficient (Wildman–Crippen LogP) is 0.894. The number of nitrogens with one attached hydrogen (secondary N) is 2. The third-order valence-electron chi connectivity index (χ3n) is 3.19. The number of aliphatic imine (C=N–C) groups is 1. The summed E-state index contributed by atoms with van der Waals surface area (Å²) in [5.41, 5.74) is 6.74. The van der Waals surface area contributed by atoms with Crippen molar-refractivity contribution >= 4 is 11.9 Å². The molecule has 0 unspecified atom stereocenters. The van der Waals surface area contributed by atoms with Crippen LogP contribution in [0.5, 0.6) is 0 Å². The van der Waals surface area contributed by atoms with Gasteiger partial charge >= 0.3 is 0 Å². The van der Waals surface area contributed by atoms with Crippen molar-refractivity contribution in [3.8, 4) is 0 Å². The summed E-state index contributed by atoms with van der Waals surface area (Å²) in [4.78, 5) is 15.6. The minimum atomic E-state index is -0.423. The molecule has 1 aromatic rings. The zero-order chi connectivity index (χ0) is 17.6. The first-order valence-corrected chi connectivity index (χ1v) is 8.15. The lowest BCUT2D eigenvalue weighted by molar-refractivity contribution is 0.0698. The predicted molar refractivity (Wildman–Crippen MR) is 95.1 cm³/mol. The quantitative estimate of drug-likeness (QED) is 0.317. The molecule has 0 aromatic heterocycles. The molecule has 0 heterocycles. The molecule has 0 fully saturated rings. The molecular weight excluding hydrogens is 308 g/mol. The first kappa shape index (κ1) is 19.9. The standard InChI is InChI=1S/C17H28N4O3/c1-3-19-17(20-9-4-10-24-12-11-23-2)21-13-14-5-7-15(8-6-14)16(18)22/h5-8H,3-4,9-13H2,1-2H3,(H2,18,22)(H2,19,20,21). The number of amides is 1. The number of benzene rings is 1. The molecule has 7 nitrogen and oxygen atoms in total. The van der Waals surface area contributed by atoms with Crippen molar-refractivity contribution in [2.75, 3.05) is 40.0 Å². The lowest BCUT2D eigenvalue weighted by Gasteiger charge is -2.11. The summed E-state index contributed by atoms with van der Waals surface area (Å²) >= 11 is 0. The molecule has 7 heteroatoms. The van der Waals surface area contributed by atoms with Crippen molar-refractivity contribution in [2.24, 2.45) is 10.7 Å². The summed E-state index contributed by atoms with van der Waals surface area (Å²) in [5, 5.41) is 6.46.